The third-order valence-corrected chi connectivity index (χ3v) is 16.0. The van der Waals surface area contributed by atoms with Crippen LogP contribution in [0.15, 0.2) is 176 Å². The molecular formula is C64H54O12. The van der Waals surface area contributed by atoms with Gasteiger partial charge in [-0.05, 0) is 103 Å². The van der Waals surface area contributed by atoms with E-state index in [4.69, 9.17) is 28.4 Å². The lowest BCUT2D eigenvalue weighted by Crippen LogP contribution is -2.52. The first-order valence-electron chi connectivity index (χ1n) is 25.2. The summed E-state index contributed by atoms with van der Waals surface area (Å²) < 4.78 is 35.8. The number of carbonyl (C=O) groups excluding carboxylic acids is 2. The van der Waals surface area contributed by atoms with Gasteiger partial charge in [0.15, 0.2) is 0 Å². The third-order valence-electron chi connectivity index (χ3n) is 16.0. The molecule has 0 bridgehead atoms. The molecule has 2 saturated carbocycles. The van der Waals surface area contributed by atoms with Gasteiger partial charge in [0, 0.05) is 35.0 Å². The Kier molecular flexibility index (Phi) is 13.3. The number of carboxylic acids is 2. The Labute approximate surface area is 439 Å². The number of methoxy groups -OCH3 is 4. The van der Waals surface area contributed by atoms with Crippen molar-refractivity contribution in [1.82, 2.24) is 0 Å². The molecule has 6 atom stereocenters. The highest BCUT2D eigenvalue weighted by molar-refractivity contribution is 5.95. The molecule has 3 aliphatic carbocycles. The lowest BCUT2D eigenvalue weighted by atomic mass is 9.52. The van der Waals surface area contributed by atoms with Gasteiger partial charge in [0.1, 0.15) is 35.4 Å². The largest absolute Gasteiger partial charge is 0.496 e. The molecule has 2 fully saturated rings. The Morgan fingerprint density at radius 3 is 1.30 bits per heavy atom. The Morgan fingerprint density at radius 1 is 0.395 bits per heavy atom. The molecular weight excluding hydrogens is 961 g/mol. The Morgan fingerprint density at radius 2 is 0.803 bits per heavy atom. The zero-order valence-electron chi connectivity index (χ0n) is 42.1. The molecule has 12 heteroatoms. The summed E-state index contributed by atoms with van der Waals surface area (Å²) >= 11 is 0. The van der Waals surface area contributed by atoms with E-state index in [9.17, 15) is 29.4 Å². The number of esters is 2. The molecule has 0 spiro atoms. The van der Waals surface area contributed by atoms with E-state index in [-0.39, 0.29) is 18.3 Å². The lowest BCUT2D eigenvalue weighted by molar-refractivity contribution is -0.165. The summed E-state index contributed by atoms with van der Waals surface area (Å²) in [6.45, 7) is 0.0618. The SMILES string of the molecule is COc1ccccc1C1C(C(=O)O)[C@H](c2cc(-c3ccc4c(OC(=O)C5[C@@H](c6ccccc6OC)C(C(=O)O)[C@@H]5c5ccccc5OC)cccc4c3)ccc2OC)[C@@H]1C(=O)OCC1c2ccccc2-c2ccccc21. The number of rotatable bonds is 16. The van der Waals surface area contributed by atoms with Crippen LogP contribution >= 0.6 is 0 Å². The molecule has 8 aromatic rings. The van der Waals surface area contributed by atoms with E-state index in [1.807, 2.05) is 78.9 Å². The van der Waals surface area contributed by atoms with Crippen LogP contribution in [-0.2, 0) is 23.9 Å². The van der Waals surface area contributed by atoms with Gasteiger partial charge >= 0.3 is 23.9 Å². The van der Waals surface area contributed by atoms with Crippen LogP contribution in [0.4, 0.5) is 0 Å². The van der Waals surface area contributed by atoms with E-state index in [0.717, 1.165) is 38.8 Å². The molecule has 0 radical (unpaired) electrons. The van der Waals surface area contributed by atoms with Gasteiger partial charge < -0.3 is 38.6 Å². The Balaban J connectivity index is 0.931. The van der Waals surface area contributed by atoms with Gasteiger partial charge in [-0.2, -0.15) is 0 Å². The van der Waals surface area contributed by atoms with Crippen LogP contribution in [0.3, 0.4) is 0 Å². The minimum absolute atomic E-state index is 0.0618. The molecule has 0 aliphatic heterocycles. The molecule has 76 heavy (non-hydrogen) atoms. The topological polar surface area (TPSA) is 164 Å². The fourth-order valence-electron chi connectivity index (χ4n) is 12.6. The Hall–Kier alpha value is -8.90. The minimum Gasteiger partial charge on any atom is -0.496 e. The van der Waals surface area contributed by atoms with E-state index in [0.29, 0.717) is 50.6 Å². The third kappa shape index (κ3) is 8.34. The van der Waals surface area contributed by atoms with E-state index in [1.165, 1.54) is 28.4 Å². The summed E-state index contributed by atoms with van der Waals surface area (Å²) in [5.74, 6) is -8.52. The second kappa shape index (κ2) is 20.4. The number of para-hydroxylation sites is 3. The Bertz CT molecular complexity index is 3460. The van der Waals surface area contributed by atoms with E-state index in [2.05, 4.69) is 24.3 Å². The van der Waals surface area contributed by atoms with Crippen LogP contribution in [-0.4, -0.2) is 69.1 Å². The molecule has 11 rings (SSSR count). The van der Waals surface area contributed by atoms with Gasteiger partial charge in [-0.3, -0.25) is 19.2 Å². The molecule has 0 aromatic heterocycles. The molecule has 0 heterocycles. The van der Waals surface area contributed by atoms with E-state index >= 15 is 0 Å². The molecule has 382 valence electrons. The van der Waals surface area contributed by atoms with Gasteiger partial charge in [0.05, 0.1) is 52.1 Å². The highest BCUT2D eigenvalue weighted by atomic mass is 16.5. The summed E-state index contributed by atoms with van der Waals surface area (Å²) in [6, 6.07) is 54.3. The van der Waals surface area contributed by atoms with Crippen LogP contribution in [0.1, 0.15) is 63.0 Å². The predicted molar refractivity (Wildman–Crippen MR) is 285 cm³/mol. The lowest BCUT2D eigenvalue weighted by Gasteiger charge is -2.49. The smallest absolute Gasteiger partial charge is 0.315 e. The first kappa shape index (κ1) is 49.3. The molecule has 3 aliphatic rings. The van der Waals surface area contributed by atoms with Crippen LogP contribution in [0.25, 0.3) is 33.0 Å². The number of benzene rings is 8. The molecule has 12 nitrogen and oxygen atoms in total. The maximum absolute atomic E-state index is 14.9. The number of fused-ring (bicyclic) bond motifs is 4. The number of carboxylic acid groups (broad SMARTS) is 2. The number of hydrogen-bond donors (Lipinski definition) is 2. The standard InChI is InChI=1S/C64H54O12/c1-71-48-24-12-9-21-43(48)53-58(62(67)68)56(59(53)63(69)75-34-47-41-19-7-5-17-39(41)40-18-6-8-20-42(40)47)46-33-36(29-31-51(46)74-4)35-28-30-38-37(32-35)16-15-27-52(38)76-64(70)60-54(44-22-10-13-25-49(44)72-2)57(61(65)66)55(60)45-23-11-14-26-50(45)73-3/h5-33,47,53-60H,34H2,1-4H3,(H,65,66)(H,67,68)/t53?,54-,55-,56-,57?,58?,59+,60?/m0/s1. The zero-order chi connectivity index (χ0) is 52.8. The van der Waals surface area contributed by atoms with Crippen molar-refractivity contribution in [1.29, 1.82) is 0 Å². The van der Waals surface area contributed by atoms with Crippen molar-refractivity contribution in [2.24, 2.45) is 23.7 Å². The number of hydrogen-bond acceptors (Lipinski definition) is 10. The van der Waals surface area contributed by atoms with Crippen molar-refractivity contribution >= 4 is 34.6 Å². The summed E-state index contributed by atoms with van der Waals surface area (Å²) in [4.78, 5) is 56.5. The fraction of sp³-hybridized carbons (Fsp3) is 0.219. The average Bonchev–Trinajstić information content (AvgIpc) is 3.77. The number of carbonyl (C=O) groups is 4. The van der Waals surface area contributed by atoms with Crippen LogP contribution in [0.5, 0.6) is 28.7 Å². The minimum atomic E-state index is -1.08. The molecule has 0 amide bonds. The summed E-state index contributed by atoms with van der Waals surface area (Å²) in [5.41, 5.74) is 8.09. The first-order chi connectivity index (χ1) is 37.1. The molecule has 2 unspecified atom stereocenters. The second-order valence-electron chi connectivity index (χ2n) is 19.5. The number of ether oxygens (including phenoxy) is 6. The second-order valence-corrected chi connectivity index (χ2v) is 19.5. The maximum Gasteiger partial charge on any atom is 0.315 e. The van der Waals surface area contributed by atoms with Gasteiger partial charge in [-0.1, -0.05) is 133 Å². The highest BCUT2D eigenvalue weighted by Crippen LogP contribution is 2.63. The summed E-state index contributed by atoms with van der Waals surface area (Å²) in [7, 11) is 6.07. The van der Waals surface area contributed by atoms with Crippen molar-refractivity contribution in [2.45, 2.75) is 29.6 Å². The van der Waals surface area contributed by atoms with Gasteiger partial charge in [-0.15, -0.1) is 0 Å². The van der Waals surface area contributed by atoms with Crippen LogP contribution in [0, 0.1) is 23.7 Å². The quantitative estimate of drug-likeness (QED) is 0.0696. The fourth-order valence-corrected chi connectivity index (χ4v) is 12.6. The van der Waals surface area contributed by atoms with E-state index in [1.54, 1.807) is 72.8 Å². The van der Waals surface area contributed by atoms with Crippen molar-refractivity contribution in [2.75, 3.05) is 35.0 Å². The van der Waals surface area contributed by atoms with Gasteiger partial charge in [0.2, 0.25) is 0 Å². The predicted octanol–water partition coefficient (Wildman–Crippen LogP) is 11.9. The number of aliphatic carboxylic acids is 2. The monoisotopic (exact) mass is 1010 g/mol. The average molecular weight is 1020 g/mol. The van der Waals surface area contributed by atoms with Gasteiger partial charge in [0.25, 0.3) is 0 Å². The first-order valence-corrected chi connectivity index (χ1v) is 25.2. The van der Waals surface area contributed by atoms with Crippen molar-refractivity contribution in [3.05, 3.63) is 209 Å². The van der Waals surface area contributed by atoms with Gasteiger partial charge in [-0.25, -0.2) is 0 Å². The van der Waals surface area contributed by atoms with Crippen molar-refractivity contribution in [3.63, 3.8) is 0 Å². The molecule has 2 N–H and O–H groups in total. The van der Waals surface area contributed by atoms with Crippen molar-refractivity contribution in [3.8, 4) is 51.0 Å². The zero-order valence-corrected chi connectivity index (χ0v) is 42.1. The summed E-state index contributed by atoms with van der Waals surface area (Å²) in [6.07, 6.45) is 0. The normalized spacial score (nSPS) is 21.2. The van der Waals surface area contributed by atoms with E-state index < -0.39 is 71.2 Å². The van der Waals surface area contributed by atoms with Crippen LogP contribution < -0.4 is 23.7 Å². The maximum atomic E-state index is 14.9. The summed E-state index contributed by atoms with van der Waals surface area (Å²) in [5, 5.41) is 23.2. The van der Waals surface area contributed by atoms with Crippen molar-refractivity contribution < 1.29 is 57.8 Å². The molecule has 0 saturated heterocycles. The molecule has 8 aromatic carbocycles. The van der Waals surface area contributed by atoms with Crippen LogP contribution in [0.2, 0.25) is 0 Å². The highest BCUT2D eigenvalue weighted by Gasteiger charge is 2.62.